The van der Waals surface area contributed by atoms with E-state index in [1.165, 1.54) is 0 Å². The fraction of sp³-hybridized carbons (Fsp3) is 0.333. The van der Waals surface area contributed by atoms with Crippen LogP contribution in [0.2, 0.25) is 0 Å². The minimum Gasteiger partial charge on any atom is -0.459 e. The van der Waals surface area contributed by atoms with Crippen LogP contribution in [0.5, 0.6) is 0 Å². The maximum atomic E-state index is 13.0. The van der Waals surface area contributed by atoms with E-state index in [0.29, 0.717) is 24.8 Å². The molecule has 0 spiro atoms. The number of rotatable bonds is 5. The van der Waals surface area contributed by atoms with Crippen LogP contribution >= 0.6 is 0 Å². The van der Waals surface area contributed by atoms with Gasteiger partial charge >= 0.3 is 0 Å². The van der Waals surface area contributed by atoms with Crippen LogP contribution < -0.4 is 5.32 Å². The van der Waals surface area contributed by atoms with Crippen molar-refractivity contribution in [2.45, 2.75) is 26.4 Å². The van der Waals surface area contributed by atoms with Crippen LogP contribution in [0.1, 0.15) is 28.2 Å². The lowest BCUT2D eigenvalue weighted by molar-refractivity contribution is 0.0686. The van der Waals surface area contributed by atoms with Crippen molar-refractivity contribution in [3.8, 4) is 0 Å². The van der Waals surface area contributed by atoms with Crippen molar-refractivity contribution in [1.82, 2.24) is 14.5 Å². The van der Waals surface area contributed by atoms with Crippen LogP contribution in [-0.4, -0.2) is 33.4 Å². The molecule has 0 aliphatic carbocycles. The Morgan fingerprint density at radius 1 is 1.26 bits per heavy atom. The second kappa shape index (κ2) is 7.70. The molecule has 0 radical (unpaired) electrons. The summed E-state index contributed by atoms with van der Waals surface area (Å²) < 4.78 is 7.70. The monoisotopic (exact) mass is 364 g/mol. The van der Waals surface area contributed by atoms with Gasteiger partial charge in [0, 0.05) is 43.3 Å². The summed E-state index contributed by atoms with van der Waals surface area (Å²) in [6.45, 7) is 4.96. The van der Waals surface area contributed by atoms with E-state index in [0.717, 1.165) is 36.6 Å². The smallest absolute Gasteiger partial charge is 0.290 e. The number of furan rings is 1. The zero-order valence-corrected chi connectivity index (χ0v) is 15.5. The van der Waals surface area contributed by atoms with Gasteiger partial charge in [0.1, 0.15) is 5.82 Å². The minimum atomic E-state index is -0.0326. The summed E-state index contributed by atoms with van der Waals surface area (Å²) in [7, 11) is 0. The SMILES string of the molecule is Cc1ccoc1C(=O)N1Cc2cccn2C[C@H](CCNc2ccccn2)C1. The number of aromatic nitrogens is 2. The Hall–Kier alpha value is -3.02. The maximum absolute atomic E-state index is 13.0. The average Bonchev–Trinajstić information content (AvgIpc) is 3.26. The van der Waals surface area contributed by atoms with Crippen LogP contribution in [0.25, 0.3) is 0 Å². The van der Waals surface area contributed by atoms with Gasteiger partial charge in [-0.05, 0) is 49.6 Å². The van der Waals surface area contributed by atoms with Crippen molar-refractivity contribution in [1.29, 1.82) is 0 Å². The Morgan fingerprint density at radius 2 is 2.19 bits per heavy atom. The van der Waals surface area contributed by atoms with Crippen molar-refractivity contribution < 1.29 is 9.21 Å². The molecule has 0 fully saturated rings. The normalized spacial score (nSPS) is 16.6. The quantitative estimate of drug-likeness (QED) is 0.752. The topological polar surface area (TPSA) is 63.3 Å². The average molecular weight is 364 g/mol. The highest BCUT2D eigenvalue weighted by atomic mass is 16.3. The molecule has 0 saturated carbocycles. The number of aryl methyl sites for hydroxylation is 1. The predicted molar refractivity (Wildman–Crippen MR) is 103 cm³/mol. The lowest BCUT2D eigenvalue weighted by Gasteiger charge is -2.24. The third-order valence-corrected chi connectivity index (χ3v) is 5.08. The molecule has 4 rings (SSSR count). The number of nitrogens with zero attached hydrogens (tertiary/aromatic N) is 3. The third-order valence-electron chi connectivity index (χ3n) is 5.08. The number of amides is 1. The highest BCUT2D eigenvalue weighted by Gasteiger charge is 2.27. The Kier molecular flexibility index (Phi) is 4.96. The zero-order chi connectivity index (χ0) is 18.6. The van der Waals surface area contributed by atoms with E-state index >= 15 is 0 Å². The number of carbonyl (C=O) groups excluding carboxylic acids is 1. The lowest BCUT2D eigenvalue weighted by Crippen LogP contribution is -2.34. The Labute approximate surface area is 158 Å². The highest BCUT2D eigenvalue weighted by Crippen LogP contribution is 2.22. The van der Waals surface area contributed by atoms with Crippen LogP contribution in [0, 0.1) is 12.8 Å². The second-order valence-electron chi connectivity index (χ2n) is 7.07. The van der Waals surface area contributed by atoms with E-state index < -0.39 is 0 Å². The summed E-state index contributed by atoms with van der Waals surface area (Å²) in [4.78, 5) is 19.2. The summed E-state index contributed by atoms with van der Waals surface area (Å²) in [5.41, 5.74) is 2.04. The number of hydrogen-bond acceptors (Lipinski definition) is 4. The molecule has 6 heteroatoms. The number of carbonyl (C=O) groups is 1. The van der Waals surface area contributed by atoms with E-state index in [1.54, 1.807) is 12.5 Å². The van der Waals surface area contributed by atoms with E-state index in [1.807, 2.05) is 42.2 Å². The van der Waals surface area contributed by atoms with E-state index in [4.69, 9.17) is 4.42 Å². The summed E-state index contributed by atoms with van der Waals surface area (Å²) in [5, 5.41) is 3.37. The van der Waals surface area contributed by atoms with Crippen molar-refractivity contribution in [2.75, 3.05) is 18.4 Å². The van der Waals surface area contributed by atoms with Crippen molar-refractivity contribution >= 4 is 11.7 Å². The van der Waals surface area contributed by atoms with E-state index in [9.17, 15) is 4.79 Å². The largest absolute Gasteiger partial charge is 0.459 e. The molecule has 3 aromatic rings. The first-order valence-corrected chi connectivity index (χ1v) is 9.33. The van der Waals surface area contributed by atoms with Gasteiger partial charge in [0.25, 0.3) is 5.91 Å². The molecule has 0 aromatic carbocycles. The first-order valence-electron chi connectivity index (χ1n) is 9.33. The van der Waals surface area contributed by atoms with Gasteiger partial charge in [-0.3, -0.25) is 4.79 Å². The molecule has 1 amide bonds. The fourth-order valence-corrected chi connectivity index (χ4v) is 3.62. The molecule has 1 N–H and O–H groups in total. The molecule has 4 heterocycles. The number of pyridine rings is 1. The van der Waals surface area contributed by atoms with Crippen molar-refractivity contribution in [3.63, 3.8) is 0 Å². The molecular formula is C21H24N4O2. The van der Waals surface area contributed by atoms with Gasteiger partial charge in [-0.15, -0.1) is 0 Å². The molecule has 27 heavy (non-hydrogen) atoms. The lowest BCUT2D eigenvalue weighted by atomic mass is 10.0. The molecule has 1 atom stereocenters. The second-order valence-corrected chi connectivity index (χ2v) is 7.07. The van der Waals surface area contributed by atoms with Crippen molar-refractivity contribution in [3.05, 3.63) is 72.1 Å². The molecular weight excluding hydrogens is 340 g/mol. The van der Waals surface area contributed by atoms with Gasteiger partial charge in [0.05, 0.1) is 12.8 Å². The van der Waals surface area contributed by atoms with E-state index in [-0.39, 0.29) is 5.91 Å². The zero-order valence-electron chi connectivity index (χ0n) is 15.5. The standard InChI is InChI=1S/C21H24N4O2/c1-16-8-12-27-20(16)21(26)25-14-17(13-24-11-4-5-18(24)15-25)7-10-23-19-6-2-3-9-22-19/h2-6,8-9,11-12,17H,7,10,13-15H2,1H3,(H,22,23)/t17-/m0/s1. The summed E-state index contributed by atoms with van der Waals surface area (Å²) >= 11 is 0. The molecule has 0 saturated heterocycles. The van der Waals surface area contributed by atoms with Gasteiger partial charge in [-0.1, -0.05) is 6.07 Å². The van der Waals surface area contributed by atoms with Crippen LogP contribution in [0.15, 0.2) is 59.5 Å². The molecule has 3 aromatic heterocycles. The first-order chi connectivity index (χ1) is 13.2. The molecule has 1 aliphatic heterocycles. The Morgan fingerprint density at radius 3 is 2.96 bits per heavy atom. The van der Waals surface area contributed by atoms with Gasteiger partial charge in [-0.25, -0.2) is 4.98 Å². The summed E-state index contributed by atoms with van der Waals surface area (Å²) in [6.07, 6.45) is 6.42. The predicted octanol–water partition coefficient (Wildman–Crippen LogP) is 3.56. The first kappa shape index (κ1) is 17.4. The van der Waals surface area contributed by atoms with Crippen molar-refractivity contribution in [2.24, 2.45) is 5.92 Å². The molecule has 0 bridgehead atoms. The van der Waals surface area contributed by atoms with Crippen LogP contribution in [0.4, 0.5) is 5.82 Å². The van der Waals surface area contributed by atoms with Gasteiger partial charge in [0.15, 0.2) is 5.76 Å². The number of hydrogen-bond donors (Lipinski definition) is 1. The Balaban J connectivity index is 1.47. The molecule has 140 valence electrons. The minimum absolute atomic E-state index is 0.0326. The van der Waals surface area contributed by atoms with Crippen LogP contribution in [0.3, 0.4) is 0 Å². The summed E-state index contributed by atoms with van der Waals surface area (Å²) in [6, 6.07) is 11.8. The molecule has 0 unspecified atom stereocenters. The third kappa shape index (κ3) is 3.89. The highest BCUT2D eigenvalue weighted by molar-refractivity contribution is 5.92. The summed E-state index contributed by atoms with van der Waals surface area (Å²) in [5.74, 6) is 1.65. The molecule has 1 aliphatic rings. The van der Waals surface area contributed by atoms with Gasteiger partial charge in [0.2, 0.25) is 0 Å². The number of anilines is 1. The van der Waals surface area contributed by atoms with Crippen LogP contribution in [-0.2, 0) is 13.1 Å². The van der Waals surface area contributed by atoms with Gasteiger partial charge in [-0.2, -0.15) is 0 Å². The number of nitrogens with one attached hydrogen (secondary N) is 1. The molecule has 6 nitrogen and oxygen atoms in total. The fourth-order valence-electron chi connectivity index (χ4n) is 3.62. The van der Waals surface area contributed by atoms with E-state index in [2.05, 4.69) is 27.1 Å². The Bertz CT molecular complexity index is 900. The number of fused-ring (bicyclic) bond motifs is 1. The maximum Gasteiger partial charge on any atom is 0.290 e. The van der Waals surface area contributed by atoms with Gasteiger partial charge < -0.3 is 19.2 Å².